The summed E-state index contributed by atoms with van der Waals surface area (Å²) in [7, 11) is 0. The molecule has 166 valence electrons. The van der Waals surface area contributed by atoms with Gasteiger partial charge in [0.05, 0.1) is 11.7 Å². The predicted molar refractivity (Wildman–Crippen MR) is 121 cm³/mol. The number of hydrogen-bond acceptors (Lipinski definition) is 7. The van der Waals surface area contributed by atoms with E-state index >= 15 is 0 Å². The van der Waals surface area contributed by atoms with Gasteiger partial charge in [0, 0.05) is 37.4 Å². The van der Waals surface area contributed by atoms with Crippen LogP contribution in [0.3, 0.4) is 0 Å². The van der Waals surface area contributed by atoms with Crippen LogP contribution in [-0.2, 0) is 12.8 Å². The minimum absolute atomic E-state index is 0.0177. The second-order valence-corrected chi connectivity index (χ2v) is 8.27. The number of ether oxygens (including phenoxy) is 1. The number of nitrogens with zero attached hydrogens (tertiary/aromatic N) is 4. The van der Waals surface area contributed by atoms with Crippen LogP contribution in [0.2, 0.25) is 0 Å². The van der Waals surface area contributed by atoms with Gasteiger partial charge in [-0.25, -0.2) is 0 Å². The predicted octanol–water partition coefficient (Wildman–Crippen LogP) is 3.85. The molecule has 1 aliphatic rings. The summed E-state index contributed by atoms with van der Waals surface area (Å²) >= 11 is 0. The van der Waals surface area contributed by atoms with Crippen molar-refractivity contribution in [1.82, 2.24) is 15.0 Å². The second-order valence-electron chi connectivity index (χ2n) is 8.27. The van der Waals surface area contributed by atoms with Gasteiger partial charge >= 0.3 is 0 Å². The van der Waals surface area contributed by atoms with Crippen LogP contribution in [0.1, 0.15) is 37.0 Å². The third kappa shape index (κ3) is 4.82. The zero-order valence-electron chi connectivity index (χ0n) is 18.5. The normalized spacial score (nSPS) is 14.1. The molecule has 0 amide bonds. The van der Waals surface area contributed by atoms with Gasteiger partial charge in [-0.2, -0.15) is 10.2 Å². The topological polar surface area (TPSA) is 95.4 Å². The number of aliphatic hydroxyl groups is 1. The molecule has 7 nitrogen and oxygen atoms in total. The summed E-state index contributed by atoms with van der Waals surface area (Å²) in [5.74, 6) is 1.48. The first-order chi connectivity index (χ1) is 15.6. The molecule has 0 fully saturated rings. The summed E-state index contributed by atoms with van der Waals surface area (Å²) in [6.45, 7) is 6.90. The average molecular weight is 433 g/mol. The largest absolute Gasteiger partial charge is 0.490 e. The summed E-state index contributed by atoms with van der Waals surface area (Å²) < 4.78 is 11.3. The molecule has 0 bridgehead atoms. The Morgan fingerprint density at radius 3 is 2.84 bits per heavy atom. The summed E-state index contributed by atoms with van der Waals surface area (Å²) in [5.41, 5.74) is 4.68. The van der Waals surface area contributed by atoms with Crippen LogP contribution in [-0.4, -0.2) is 52.5 Å². The van der Waals surface area contributed by atoms with Crippen molar-refractivity contribution in [3.05, 3.63) is 53.1 Å². The molecule has 1 aromatic heterocycles. The third-order valence-electron chi connectivity index (χ3n) is 5.66. The number of rotatable bonds is 7. The van der Waals surface area contributed by atoms with Gasteiger partial charge < -0.3 is 19.3 Å². The quantitative estimate of drug-likeness (QED) is 0.606. The van der Waals surface area contributed by atoms with E-state index in [1.165, 1.54) is 11.1 Å². The van der Waals surface area contributed by atoms with Gasteiger partial charge in [-0.3, -0.25) is 0 Å². The van der Waals surface area contributed by atoms with Crippen molar-refractivity contribution >= 4 is 0 Å². The van der Waals surface area contributed by atoms with E-state index in [2.05, 4.69) is 27.2 Å². The van der Waals surface area contributed by atoms with Crippen LogP contribution in [0.4, 0.5) is 0 Å². The zero-order chi connectivity index (χ0) is 22.5. The standard InChI is InChI=1S/C25H28N4O3/c1-17(2)31-23-8-7-19(15-20(23)16-26)25-27-24(28-32-25)22-6-3-5-18-9-12-29(11-4-14-30)13-10-21(18)22/h3,5-8,15,17,30H,4,9-14H2,1-2H3. The Morgan fingerprint density at radius 2 is 2.06 bits per heavy atom. The van der Waals surface area contributed by atoms with Crippen molar-refractivity contribution in [3.8, 4) is 34.7 Å². The molecule has 2 aromatic carbocycles. The van der Waals surface area contributed by atoms with Gasteiger partial charge in [-0.15, -0.1) is 0 Å². The molecular formula is C25H28N4O3. The lowest BCUT2D eigenvalue weighted by Gasteiger charge is -2.18. The SMILES string of the molecule is CC(C)Oc1ccc(-c2nc(-c3cccc4c3CCN(CCCO)CC4)no2)cc1C#N. The Bertz CT molecular complexity index is 1120. The van der Waals surface area contributed by atoms with Crippen molar-refractivity contribution in [3.63, 3.8) is 0 Å². The first kappa shape index (κ1) is 22.0. The monoisotopic (exact) mass is 432 g/mol. The fourth-order valence-electron chi connectivity index (χ4n) is 4.11. The van der Waals surface area contributed by atoms with Gasteiger partial charge in [-0.05, 0) is 62.4 Å². The average Bonchev–Trinajstić information content (AvgIpc) is 3.19. The molecule has 1 aliphatic heterocycles. The molecule has 0 saturated carbocycles. The van der Waals surface area contributed by atoms with Crippen molar-refractivity contribution in [2.24, 2.45) is 0 Å². The lowest BCUT2D eigenvalue weighted by Crippen LogP contribution is -2.28. The zero-order valence-corrected chi connectivity index (χ0v) is 18.5. The van der Waals surface area contributed by atoms with Crippen molar-refractivity contribution in [2.75, 3.05) is 26.2 Å². The molecule has 0 saturated heterocycles. The Morgan fingerprint density at radius 1 is 1.22 bits per heavy atom. The molecule has 0 atom stereocenters. The van der Waals surface area contributed by atoms with Gasteiger partial charge in [0.1, 0.15) is 11.8 Å². The highest BCUT2D eigenvalue weighted by atomic mass is 16.5. The molecule has 0 aliphatic carbocycles. The molecule has 0 unspecified atom stereocenters. The number of fused-ring (bicyclic) bond motifs is 1. The molecule has 1 N–H and O–H groups in total. The minimum atomic E-state index is -0.0177. The number of aliphatic hydroxyl groups excluding tert-OH is 1. The molecule has 32 heavy (non-hydrogen) atoms. The van der Waals surface area contributed by atoms with Crippen LogP contribution in [0.25, 0.3) is 22.8 Å². The highest BCUT2D eigenvalue weighted by Crippen LogP contribution is 2.31. The number of hydrogen-bond donors (Lipinski definition) is 1. The van der Waals surface area contributed by atoms with Crippen LogP contribution in [0.5, 0.6) is 5.75 Å². The van der Waals surface area contributed by atoms with E-state index in [0.29, 0.717) is 28.6 Å². The second kappa shape index (κ2) is 9.94. The molecule has 2 heterocycles. The Balaban J connectivity index is 1.60. The lowest BCUT2D eigenvalue weighted by atomic mass is 9.97. The maximum Gasteiger partial charge on any atom is 0.258 e. The van der Waals surface area contributed by atoms with Crippen LogP contribution >= 0.6 is 0 Å². The van der Waals surface area contributed by atoms with E-state index in [-0.39, 0.29) is 12.7 Å². The lowest BCUT2D eigenvalue weighted by molar-refractivity contribution is 0.230. The van der Waals surface area contributed by atoms with E-state index in [9.17, 15) is 5.26 Å². The van der Waals surface area contributed by atoms with Crippen LogP contribution in [0, 0.1) is 11.3 Å². The summed E-state index contributed by atoms with van der Waals surface area (Å²) in [6.07, 6.45) is 2.64. The smallest absolute Gasteiger partial charge is 0.258 e. The molecular weight excluding hydrogens is 404 g/mol. The third-order valence-corrected chi connectivity index (χ3v) is 5.66. The van der Waals surface area contributed by atoms with E-state index in [0.717, 1.165) is 44.5 Å². The number of benzene rings is 2. The highest BCUT2D eigenvalue weighted by Gasteiger charge is 2.20. The molecule has 4 rings (SSSR count). The Hall–Kier alpha value is -3.21. The number of nitriles is 1. The van der Waals surface area contributed by atoms with E-state index in [1.807, 2.05) is 32.0 Å². The molecule has 0 spiro atoms. The number of aromatic nitrogens is 2. The fraction of sp³-hybridized carbons (Fsp3) is 0.400. The van der Waals surface area contributed by atoms with Crippen molar-refractivity contribution in [2.45, 2.75) is 39.2 Å². The first-order valence-electron chi connectivity index (χ1n) is 11.1. The minimum Gasteiger partial charge on any atom is -0.490 e. The Labute approximate surface area is 188 Å². The Kier molecular flexibility index (Phi) is 6.84. The molecule has 7 heteroatoms. The summed E-state index contributed by atoms with van der Waals surface area (Å²) in [4.78, 5) is 7.04. The van der Waals surface area contributed by atoms with Crippen molar-refractivity contribution < 1.29 is 14.4 Å². The van der Waals surface area contributed by atoms with Gasteiger partial charge in [0.15, 0.2) is 0 Å². The fourth-order valence-corrected chi connectivity index (χ4v) is 4.11. The summed E-state index contributed by atoms with van der Waals surface area (Å²) in [5, 5.41) is 22.9. The van der Waals surface area contributed by atoms with Crippen molar-refractivity contribution in [1.29, 1.82) is 5.26 Å². The van der Waals surface area contributed by atoms with E-state index in [1.54, 1.807) is 12.1 Å². The van der Waals surface area contributed by atoms with Gasteiger partial charge in [-0.1, -0.05) is 23.4 Å². The van der Waals surface area contributed by atoms with E-state index < -0.39 is 0 Å². The van der Waals surface area contributed by atoms with Gasteiger partial charge in [0.2, 0.25) is 5.82 Å². The molecule has 3 aromatic rings. The highest BCUT2D eigenvalue weighted by molar-refractivity contribution is 5.66. The summed E-state index contributed by atoms with van der Waals surface area (Å²) in [6, 6.07) is 13.8. The van der Waals surface area contributed by atoms with Crippen LogP contribution < -0.4 is 4.74 Å². The molecule has 0 radical (unpaired) electrons. The van der Waals surface area contributed by atoms with Gasteiger partial charge in [0.25, 0.3) is 5.89 Å². The first-order valence-corrected chi connectivity index (χ1v) is 11.1. The maximum absolute atomic E-state index is 9.51. The van der Waals surface area contributed by atoms with Crippen LogP contribution in [0.15, 0.2) is 40.9 Å². The maximum atomic E-state index is 9.51. The van der Waals surface area contributed by atoms with E-state index in [4.69, 9.17) is 14.4 Å².